The van der Waals surface area contributed by atoms with Crippen molar-refractivity contribution >= 4 is 46.4 Å². The molecule has 1 amide bonds. The number of amides is 1. The van der Waals surface area contributed by atoms with Crippen molar-refractivity contribution < 1.29 is 19.0 Å². The number of hydrogen-bond donors (Lipinski definition) is 1. The fraction of sp³-hybridized carbons (Fsp3) is 0.273. The lowest BCUT2D eigenvalue weighted by molar-refractivity contribution is -0.112. The Morgan fingerprint density at radius 2 is 1.64 bits per heavy atom. The first-order valence-electron chi connectivity index (χ1n) is 14.5. The molecule has 1 fully saturated rings. The first-order valence-corrected chi connectivity index (χ1v) is 14.9. The number of rotatable bonds is 9. The second-order valence-electron chi connectivity index (χ2n) is 10.7. The van der Waals surface area contributed by atoms with Crippen LogP contribution in [0.15, 0.2) is 71.9 Å². The zero-order valence-electron chi connectivity index (χ0n) is 25.4. The van der Waals surface area contributed by atoms with Crippen molar-refractivity contribution in [2.24, 2.45) is 4.99 Å². The van der Waals surface area contributed by atoms with E-state index in [0.717, 1.165) is 37.4 Å². The van der Waals surface area contributed by atoms with Gasteiger partial charge < -0.3 is 24.8 Å². The monoisotopic (exact) mass is 627 g/mol. The van der Waals surface area contributed by atoms with Crippen molar-refractivity contribution in [2.45, 2.75) is 6.42 Å². The van der Waals surface area contributed by atoms with Gasteiger partial charge in [0.1, 0.15) is 11.5 Å². The van der Waals surface area contributed by atoms with E-state index in [4.69, 9.17) is 31.5 Å². The van der Waals surface area contributed by atoms with E-state index in [0.29, 0.717) is 46.5 Å². The number of nitrogens with zero attached hydrogens (tertiary/aromatic N) is 6. The van der Waals surface area contributed by atoms with Crippen molar-refractivity contribution in [1.29, 1.82) is 0 Å². The third-order valence-corrected chi connectivity index (χ3v) is 8.24. The van der Waals surface area contributed by atoms with Crippen molar-refractivity contribution in [3.05, 3.63) is 88.6 Å². The SMILES string of the molecule is COc1cc(Cc2cnc(/N=C3\C(=O)N(CN4CCN(c5ccccc5)CC4)c4ccc(Cl)cc43)nc2N)cc(OC)c1OC. The average Bonchev–Trinajstić information content (AvgIpc) is 3.31. The van der Waals surface area contributed by atoms with Gasteiger partial charge in [0.15, 0.2) is 11.5 Å². The van der Waals surface area contributed by atoms with Crippen molar-refractivity contribution in [3.8, 4) is 17.2 Å². The van der Waals surface area contributed by atoms with E-state index >= 15 is 0 Å². The van der Waals surface area contributed by atoms with Gasteiger partial charge in [-0.1, -0.05) is 29.8 Å². The summed E-state index contributed by atoms with van der Waals surface area (Å²) in [6.45, 7) is 3.82. The Balaban J connectivity index is 1.21. The van der Waals surface area contributed by atoms with Crippen LogP contribution in [-0.2, 0) is 11.2 Å². The van der Waals surface area contributed by atoms with E-state index < -0.39 is 0 Å². The van der Waals surface area contributed by atoms with Crippen LogP contribution in [0.1, 0.15) is 16.7 Å². The van der Waals surface area contributed by atoms with Gasteiger partial charge in [-0.05, 0) is 48.0 Å². The molecule has 0 saturated carbocycles. The summed E-state index contributed by atoms with van der Waals surface area (Å²) in [6, 6.07) is 19.5. The Bertz CT molecular complexity index is 1720. The summed E-state index contributed by atoms with van der Waals surface area (Å²) in [6.07, 6.45) is 2.04. The molecule has 2 aliphatic heterocycles. The first-order chi connectivity index (χ1) is 21.9. The third-order valence-electron chi connectivity index (χ3n) is 8.00. The molecule has 0 bridgehead atoms. The Labute approximate surface area is 266 Å². The number of hydrogen-bond acceptors (Lipinski definition) is 10. The second kappa shape index (κ2) is 13.0. The number of carbonyl (C=O) groups is 1. The number of para-hydroxylation sites is 1. The van der Waals surface area contributed by atoms with E-state index in [-0.39, 0.29) is 23.4 Å². The number of aromatic nitrogens is 2. The Morgan fingerprint density at radius 1 is 0.933 bits per heavy atom. The lowest BCUT2D eigenvalue weighted by atomic mass is 10.1. The molecule has 0 unspecified atom stereocenters. The standard InChI is InChI=1S/C33H34ClN7O4/c1-43-27-16-21(17-28(44-2)30(27)45-3)15-22-19-36-33(38-31(22)35)37-29-25-18-23(34)9-10-26(25)41(32(29)42)20-39-11-13-40(14-12-39)24-7-5-4-6-8-24/h4-10,16-19H,11-15,20H2,1-3H3,(H2,35,36,38)/b37-29-. The zero-order chi connectivity index (χ0) is 31.5. The highest BCUT2D eigenvalue weighted by atomic mass is 35.5. The molecular weight excluding hydrogens is 594 g/mol. The largest absolute Gasteiger partial charge is 0.493 e. The first kappa shape index (κ1) is 30.2. The lowest BCUT2D eigenvalue weighted by Crippen LogP contribution is -2.51. The number of anilines is 3. The van der Waals surface area contributed by atoms with Crippen LogP contribution in [0.4, 0.5) is 23.1 Å². The quantitative estimate of drug-likeness (QED) is 0.284. The average molecular weight is 628 g/mol. The van der Waals surface area contributed by atoms with Crippen LogP contribution in [-0.4, -0.2) is 80.7 Å². The minimum absolute atomic E-state index is 0.0914. The molecule has 232 valence electrons. The van der Waals surface area contributed by atoms with E-state index in [1.165, 1.54) is 5.69 Å². The Hall–Kier alpha value is -4.87. The van der Waals surface area contributed by atoms with Crippen LogP contribution >= 0.6 is 11.6 Å². The van der Waals surface area contributed by atoms with Crippen molar-refractivity contribution in [1.82, 2.24) is 14.9 Å². The molecule has 3 aromatic carbocycles. The molecular formula is C33H34ClN7O4. The maximum absolute atomic E-state index is 13.8. The molecule has 0 spiro atoms. The highest BCUT2D eigenvalue weighted by Gasteiger charge is 2.36. The number of halogens is 1. The molecule has 0 radical (unpaired) electrons. The molecule has 2 aliphatic rings. The number of nitrogens with two attached hydrogens (primary N) is 1. The van der Waals surface area contributed by atoms with Crippen LogP contribution in [0.25, 0.3) is 0 Å². The summed E-state index contributed by atoms with van der Waals surface area (Å²) in [7, 11) is 4.68. The number of nitrogen functional groups attached to an aromatic ring is 1. The summed E-state index contributed by atoms with van der Waals surface area (Å²) >= 11 is 6.36. The van der Waals surface area contributed by atoms with Gasteiger partial charge in [-0.3, -0.25) is 14.6 Å². The van der Waals surface area contributed by atoms with Crippen LogP contribution in [0.2, 0.25) is 5.02 Å². The van der Waals surface area contributed by atoms with Crippen LogP contribution < -0.4 is 29.7 Å². The van der Waals surface area contributed by atoms with E-state index in [1.54, 1.807) is 44.6 Å². The van der Waals surface area contributed by atoms with Crippen LogP contribution in [0.5, 0.6) is 17.2 Å². The van der Waals surface area contributed by atoms with Gasteiger partial charge in [0.05, 0.1) is 33.7 Å². The van der Waals surface area contributed by atoms with E-state index in [1.807, 2.05) is 36.4 Å². The molecule has 12 heteroatoms. The molecule has 4 aromatic rings. The smallest absolute Gasteiger partial charge is 0.278 e. The molecule has 6 rings (SSSR count). The molecule has 0 aliphatic carbocycles. The summed E-state index contributed by atoms with van der Waals surface area (Å²) < 4.78 is 16.4. The molecule has 45 heavy (non-hydrogen) atoms. The van der Waals surface area contributed by atoms with Crippen molar-refractivity contribution in [3.63, 3.8) is 0 Å². The van der Waals surface area contributed by atoms with E-state index in [2.05, 4.69) is 36.9 Å². The number of benzene rings is 3. The van der Waals surface area contributed by atoms with Gasteiger partial charge in [0, 0.05) is 60.6 Å². The predicted octanol–water partition coefficient (Wildman–Crippen LogP) is 4.58. The highest BCUT2D eigenvalue weighted by molar-refractivity contribution is 6.55. The Kier molecular flexibility index (Phi) is 8.72. The number of methoxy groups -OCH3 is 3. The number of piperazine rings is 1. The molecule has 11 nitrogen and oxygen atoms in total. The number of fused-ring (bicyclic) bond motifs is 1. The fourth-order valence-corrected chi connectivity index (χ4v) is 5.85. The third kappa shape index (κ3) is 6.22. The predicted molar refractivity (Wildman–Crippen MR) is 176 cm³/mol. The fourth-order valence-electron chi connectivity index (χ4n) is 5.68. The summed E-state index contributed by atoms with van der Waals surface area (Å²) in [5.74, 6) is 1.69. The minimum atomic E-state index is -0.235. The van der Waals surface area contributed by atoms with Gasteiger partial charge in [0.2, 0.25) is 5.75 Å². The zero-order valence-corrected chi connectivity index (χ0v) is 26.1. The Morgan fingerprint density at radius 3 is 2.29 bits per heavy atom. The number of ether oxygens (including phenoxy) is 3. The second-order valence-corrected chi connectivity index (χ2v) is 11.2. The maximum Gasteiger partial charge on any atom is 0.278 e. The lowest BCUT2D eigenvalue weighted by Gasteiger charge is -2.37. The van der Waals surface area contributed by atoms with Gasteiger partial charge in [-0.25, -0.2) is 9.98 Å². The number of aliphatic imine (C=N–C) groups is 1. The molecule has 1 aromatic heterocycles. The summed E-state index contributed by atoms with van der Waals surface area (Å²) in [5, 5.41) is 0.508. The molecule has 1 saturated heterocycles. The van der Waals surface area contributed by atoms with E-state index in [9.17, 15) is 4.79 Å². The van der Waals surface area contributed by atoms with Crippen molar-refractivity contribution in [2.75, 3.05) is 69.7 Å². The summed E-state index contributed by atoms with van der Waals surface area (Å²) in [5.41, 5.74) is 10.7. The molecule has 3 heterocycles. The molecule has 2 N–H and O–H groups in total. The van der Waals surface area contributed by atoms with Crippen LogP contribution in [0, 0.1) is 0 Å². The van der Waals surface area contributed by atoms with Gasteiger partial charge in [0.25, 0.3) is 11.9 Å². The summed E-state index contributed by atoms with van der Waals surface area (Å²) in [4.78, 5) is 33.6. The number of carbonyl (C=O) groups excluding carboxylic acids is 1. The normalized spacial score (nSPS) is 15.8. The highest BCUT2D eigenvalue weighted by Crippen LogP contribution is 2.39. The maximum atomic E-state index is 13.8. The van der Waals surface area contributed by atoms with Gasteiger partial charge in [-0.15, -0.1) is 0 Å². The minimum Gasteiger partial charge on any atom is -0.493 e. The van der Waals surface area contributed by atoms with Gasteiger partial charge >= 0.3 is 0 Å². The van der Waals surface area contributed by atoms with Crippen LogP contribution in [0.3, 0.4) is 0 Å². The molecule has 0 atom stereocenters. The topological polar surface area (TPSA) is 119 Å². The van der Waals surface area contributed by atoms with Gasteiger partial charge in [-0.2, -0.15) is 4.98 Å².